The molecule has 3 rings (SSSR count). The van der Waals surface area contributed by atoms with Crippen molar-refractivity contribution in [3.63, 3.8) is 0 Å². The second-order valence-corrected chi connectivity index (χ2v) is 4.16. The maximum atomic E-state index is 5.70. The fraction of sp³-hybridized carbons (Fsp3) is 0.0714. The number of nitrogens with two attached hydrogens (primary N) is 1. The average Bonchev–Trinajstić information content (AvgIpc) is 2.37. The first-order chi connectivity index (χ1) is 8.74. The highest BCUT2D eigenvalue weighted by atomic mass is 15.0. The molecule has 0 unspecified atom stereocenters. The van der Waals surface area contributed by atoms with Crippen LogP contribution in [0.25, 0.3) is 22.0 Å². The summed E-state index contributed by atoms with van der Waals surface area (Å²) in [6.07, 6.45) is 3.65. The Morgan fingerprint density at radius 1 is 1.06 bits per heavy atom. The van der Waals surface area contributed by atoms with Crippen LogP contribution in [0.3, 0.4) is 0 Å². The maximum Gasteiger partial charge on any atom is 0.220 e. The lowest BCUT2D eigenvalue weighted by Gasteiger charge is -2.06. The molecular formula is C14H12N4. The molecule has 0 fully saturated rings. The van der Waals surface area contributed by atoms with E-state index in [-0.39, 0.29) is 5.95 Å². The molecule has 88 valence electrons. The first-order valence-corrected chi connectivity index (χ1v) is 5.68. The molecule has 1 aromatic carbocycles. The predicted octanol–water partition coefficient (Wildman–Crippen LogP) is 2.58. The first-order valence-electron chi connectivity index (χ1n) is 5.68. The van der Waals surface area contributed by atoms with Crippen LogP contribution in [-0.2, 0) is 0 Å². The lowest BCUT2D eigenvalue weighted by molar-refractivity contribution is 1.12. The van der Waals surface area contributed by atoms with E-state index in [0.717, 1.165) is 27.7 Å². The molecule has 0 spiro atoms. The van der Waals surface area contributed by atoms with E-state index in [1.807, 2.05) is 43.6 Å². The number of fused-ring (bicyclic) bond motifs is 1. The summed E-state index contributed by atoms with van der Waals surface area (Å²) in [6, 6.07) is 10.00. The van der Waals surface area contributed by atoms with Crippen LogP contribution in [0, 0.1) is 6.92 Å². The summed E-state index contributed by atoms with van der Waals surface area (Å²) in [5.74, 6) is 0.290. The van der Waals surface area contributed by atoms with E-state index in [9.17, 15) is 0 Å². The number of aryl methyl sites for hydroxylation is 1. The van der Waals surface area contributed by atoms with Gasteiger partial charge in [0.15, 0.2) is 0 Å². The Kier molecular flexibility index (Phi) is 2.41. The number of nitrogens with zero attached hydrogens (tertiary/aromatic N) is 3. The summed E-state index contributed by atoms with van der Waals surface area (Å²) < 4.78 is 0. The molecule has 0 saturated carbocycles. The van der Waals surface area contributed by atoms with Gasteiger partial charge < -0.3 is 5.73 Å². The standard InChI is InChI=1S/C14H12N4/c1-9-6-13(18-14(15)17-9)12-8-16-7-10-4-2-3-5-11(10)12/h2-8H,1H3,(H2,15,17,18). The molecule has 4 heteroatoms. The van der Waals surface area contributed by atoms with Crippen LogP contribution in [0.2, 0.25) is 0 Å². The van der Waals surface area contributed by atoms with Crippen LogP contribution in [0.15, 0.2) is 42.7 Å². The van der Waals surface area contributed by atoms with Gasteiger partial charge in [0.1, 0.15) is 0 Å². The zero-order chi connectivity index (χ0) is 12.5. The Morgan fingerprint density at radius 3 is 2.72 bits per heavy atom. The molecule has 2 heterocycles. The van der Waals surface area contributed by atoms with Gasteiger partial charge in [0, 0.05) is 29.0 Å². The summed E-state index contributed by atoms with van der Waals surface area (Å²) in [4.78, 5) is 12.6. The lowest BCUT2D eigenvalue weighted by atomic mass is 10.1. The van der Waals surface area contributed by atoms with Gasteiger partial charge in [-0.05, 0) is 18.4 Å². The molecule has 18 heavy (non-hydrogen) atoms. The van der Waals surface area contributed by atoms with E-state index in [4.69, 9.17) is 5.73 Å². The number of hydrogen-bond donors (Lipinski definition) is 1. The van der Waals surface area contributed by atoms with Gasteiger partial charge in [-0.2, -0.15) is 0 Å². The van der Waals surface area contributed by atoms with E-state index in [1.54, 1.807) is 0 Å². The monoisotopic (exact) mass is 236 g/mol. The van der Waals surface area contributed by atoms with Crippen LogP contribution in [-0.4, -0.2) is 15.0 Å². The number of anilines is 1. The molecule has 0 aliphatic heterocycles. The Bertz CT molecular complexity index is 696. The van der Waals surface area contributed by atoms with Gasteiger partial charge in [0.2, 0.25) is 5.95 Å². The lowest BCUT2D eigenvalue weighted by Crippen LogP contribution is -1.98. The zero-order valence-corrected chi connectivity index (χ0v) is 9.96. The van der Waals surface area contributed by atoms with Gasteiger partial charge in [0.05, 0.1) is 5.69 Å². The highest BCUT2D eigenvalue weighted by molar-refractivity contribution is 5.94. The van der Waals surface area contributed by atoms with E-state index in [0.29, 0.717) is 0 Å². The average molecular weight is 236 g/mol. The molecular weight excluding hydrogens is 224 g/mol. The zero-order valence-electron chi connectivity index (χ0n) is 9.96. The van der Waals surface area contributed by atoms with Gasteiger partial charge in [0.25, 0.3) is 0 Å². The Labute approximate surface area is 105 Å². The Morgan fingerprint density at radius 2 is 1.89 bits per heavy atom. The Balaban J connectivity index is 2.31. The third-order valence-electron chi connectivity index (χ3n) is 2.82. The van der Waals surface area contributed by atoms with E-state index in [1.165, 1.54) is 0 Å². The third kappa shape index (κ3) is 1.78. The summed E-state index contributed by atoms with van der Waals surface area (Å²) in [7, 11) is 0. The maximum absolute atomic E-state index is 5.70. The molecule has 0 bridgehead atoms. The molecule has 2 N–H and O–H groups in total. The molecule has 0 aliphatic carbocycles. The highest BCUT2D eigenvalue weighted by Gasteiger charge is 2.07. The number of nitrogen functional groups attached to an aromatic ring is 1. The SMILES string of the molecule is Cc1cc(-c2cncc3ccccc23)nc(N)n1. The first kappa shape index (κ1) is 10.7. The Hall–Kier alpha value is -2.49. The van der Waals surface area contributed by atoms with Crippen molar-refractivity contribution in [2.24, 2.45) is 0 Å². The van der Waals surface area contributed by atoms with Gasteiger partial charge in [-0.3, -0.25) is 4.98 Å². The molecule has 4 nitrogen and oxygen atoms in total. The second-order valence-electron chi connectivity index (χ2n) is 4.16. The van der Waals surface area contributed by atoms with Gasteiger partial charge >= 0.3 is 0 Å². The molecule has 3 aromatic rings. The molecule has 0 amide bonds. The van der Waals surface area contributed by atoms with Crippen molar-refractivity contribution in [2.75, 3.05) is 5.73 Å². The largest absolute Gasteiger partial charge is 0.368 e. The smallest absolute Gasteiger partial charge is 0.220 e. The van der Waals surface area contributed by atoms with Crippen molar-refractivity contribution >= 4 is 16.7 Å². The summed E-state index contributed by atoms with van der Waals surface area (Å²) in [6.45, 7) is 1.90. The quantitative estimate of drug-likeness (QED) is 0.705. The third-order valence-corrected chi connectivity index (χ3v) is 2.82. The molecule has 0 saturated heterocycles. The van der Waals surface area contributed by atoms with Crippen molar-refractivity contribution in [1.82, 2.24) is 15.0 Å². The summed E-state index contributed by atoms with van der Waals surface area (Å²) in [5, 5.41) is 2.20. The van der Waals surface area contributed by atoms with E-state index in [2.05, 4.69) is 21.0 Å². The van der Waals surface area contributed by atoms with Crippen LogP contribution >= 0.6 is 0 Å². The van der Waals surface area contributed by atoms with Gasteiger partial charge in [-0.25, -0.2) is 9.97 Å². The van der Waals surface area contributed by atoms with Crippen molar-refractivity contribution in [3.05, 3.63) is 48.4 Å². The minimum absolute atomic E-state index is 0.290. The topological polar surface area (TPSA) is 64.7 Å². The number of hydrogen-bond acceptors (Lipinski definition) is 4. The molecule has 0 radical (unpaired) electrons. The molecule has 0 aliphatic rings. The van der Waals surface area contributed by atoms with E-state index >= 15 is 0 Å². The fourth-order valence-electron chi connectivity index (χ4n) is 2.05. The van der Waals surface area contributed by atoms with Crippen molar-refractivity contribution in [3.8, 4) is 11.3 Å². The minimum Gasteiger partial charge on any atom is -0.368 e. The number of benzene rings is 1. The molecule has 2 aromatic heterocycles. The highest BCUT2D eigenvalue weighted by Crippen LogP contribution is 2.26. The number of pyridine rings is 1. The number of aromatic nitrogens is 3. The summed E-state index contributed by atoms with van der Waals surface area (Å²) in [5.41, 5.74) is 8.34. The van der Waals surface area contributed by atoms with Crippen LogP contribution in [0.4, 0.5) is 5.95 Å². The molecule has 0 atom stereocenters. The fourth-order valence-corrected chi connectivity index (χ4v) is 2.05. The van der Waals surface area contributed by atoms with Gasteiger partial charge in [-0.1, -0.05) is 24.3 Å². The van der Waals surface area contributed by atoms with Crippen molar-refractivity contribution in [2.45, 2.75) is 6.92 Å². The predicted molar refractivity (Wildman–Crippen MR) is 71.9 cm³/mol. The normalized spacial score (nSPS) is 10.7. The van der Waals surface area contributed by atoms with Crippen molar-refractivity contribution in [1.29, 1.82) is 0 Å². The number of rotatable bonds is 1. The van der Waals surface area contributed by atoms with Crippen LogP contribution in [0.5, 0.6) is 0 Å². The van der Waals surface area contributed by atoms with Crippen molar-refractivity contribution < 1.29 is 0 Å². The summed E-state index contributed by atoms with van der Waals surface area (Å²) >= 11 is 0. The second kappa shape index (κ2) is 4.07. The van der Waals surface area contributed by atoms with E-state index < -0.39 is 0 Å². The van der Waals surface area contributed by atoms with Crippen LogP contribution < -0.4 is 5.73 Å². The minimum atomic E-state index is 0.290. The van der Waals surface area contributed by atoms with Crippen LogP contribution in [0.1, 0.15) is 5.69 Å². The van der Waals surface area contributed by atoms with Gasteiger partial charge in [-0.15, -0.1) is 0 Å².